The Morgan fingerprint density at radius 1 is 1.07 bits per heavy atom. The molecule has 0 saturated heterocycles. The molecule has 1 aromatic carbocycles. The summed E-state index contributed by atoms with van der Waals surface area (Å²) in [7, 11) is 0. The molecule has 1 aliphatic rings. The van der Waals surface area contributed by atoms with Gasteiger partial charge in [0.15, 0.2) is 0 Å². The van der Waals surface area contributed by atoms with E-state index in [2.05, 4.69) is 24.3 Å². The van der Waals surface area contributed by atoms with E-state index in [1.54, 1.807) is 0 Å². The summed E-state index contributed by atoms with van der Waals surface area (Å²) in [5.41, 5.74) is 0. The van der Waals surface area contributed by atoms with Crippen LogP contribution in [0.2, 0.25) is 0 Å². The molecule has 0 aromatic heterocycles. The van der Waals surface area contributed by atoms with Crippen LogP contribution in [-0.2, 0) is 4.79 Å². The van der Waals surface area contributed by atoms with Crippen molar-refractivity contribution < 1.29 is 4.79 Å². The number of ketones is 1. The number of rotatable bonds is 2. The zero-order valence-electron chi connectivity index (χ0n) is 7.90. The van der Waals surface area contributed by atoms with Gasteiger partial charge in [0, 0.05) is 0 Å². The molecule has 0 bridgehead atoms. The number of carbonyl (C=O) groups excluding carboxylic acids is 1. The van der Waals surface area contributed by atoms with Crippen molar-refractivity contribution in [1.29, 1.82) is 0 Å². The van der Waals surface area contributed by atoms with Gasteiger partial charge < -0.3 is 0 Å². The van der Waals surface area contributed by atoms with Gasteiger partial charge in [-0.2, -0.15) is 0 Å². The van der Waals surface area contributed by atoms with Crippen molar-refractivity contribution in [3.63, 3.8) is 0 Å². The molecule has 0 heterocycles. The third-order valence-corrected chi connectivity index (χ3v) is 4.45. The van der Waals surface area contributed by atoms with E-state index in [1.165, 1.54) is 8.93 Å². The van der Waals surface area contributed by atoms with Crippen LogP contribution in [0, 0.1) is 0 Å². The van der Waals surface area contributed by atoms with Gasteiger partial charge in [0.2, 0.25) is 0 Å². The molecule has 2 rings (SSSR count). The van der Waals surface area contributed by atoms with Gasteiger partial charge in [-0.1, -0.05) is 0 Å². The molecular weight excluding hydrogens is 239 g/mol. The minimum absolute atomic E-state index is 0.309. The first-order valence-corrected chi connectivity index (χ1v) is 6.52. The molecule has 0 fully saturated rings. The van der Waals surface area contributed by atoms with Gasteiger partial charge in [0.25, 0.3) is 0 Å². The number of benzene rings is 1. The van der Waals surface area contributed by atoms with Crippen molar-refractivity contribution in [2.24, 2.45) is 0 Å². The quantitative estimate of drug-likeness (QED) is 0.730. The first kappa shape index (κ1) is 9.69. The van der Waals surface area contributed by atoms with Crippen molar-refractivity contribution in [3.8, 4) is 0 Å². The first-order chi connectivity index (χ1) is 6.84. The first-order valence-electron chi connectivity index (χ1n) is 4.81. The van der Waals surface area contributed by atoms with Crippen LogP contribution in [0.1, 0.15) is 19.3 Å². The molecule has 14 heavy (non-hydrogen) atoms. The molecular formula is C12H12OSe. The summed E-state index contributed by atoms with van der Waals surface area (Å²) in [6.45, 7) is 0. The van der Waals surface area contributed by atoms with Crippen LogP contribution in [0.4, 0.5) is 0 Å². The van der Waals surface area contributed by atoms with E-state index in [-0.39, 0.29) is 0 Å². The van der Waals surface area contributed by atoms with E-state index < -0.39 is 0 Å². The molecule has 1 nitrogen and oxygen atoms in total. The Bertz CT molecular complexity index is 354. The second-order valence-corrected chi connectivity index (χ2v) is 5.86. The Labute approximate surface area is 90.4 Å². The topological polar surface area (TPSA) is 17.1 Å². The number of allylic oxidation sites excluding steroid dienone is 2. The molecule has 0 N–H and O–H groups in total. The minimum atomic E-state index is 0.309. The number of hydrogen-bond acceptors (Lipinski definition) is 1. The standard InChI is InChI=1S/C12H12OSe/c13-10-5-4-8-12(9-10)14-11-6-2-1-3-7-11/h1-3,6-7,9H,4-5,8H2. The Balaban J connectivity index is 2.08. The van der Waals surface area contributed by atoms with Crippen LogP contribution in [0.25, 0.3) is 0 Å². The molecule has 1 aliphatic carbocycles. The van der Waals surface area contributed by atoms with Crippen molar-refractivity contribution >= 4 is 25.2 Å². The Morgan fingerprint density at radius 2 is 1.86 bits per heavy atom. The van der Waals surface area contributed by atoms with Crippen LogP contribution < -0.4 is 4.46 Å². The van der Waals surface area contributed by atoms with E-state index in [0.29, 0.717) is 20.7 Å². The third-order valence-electron chi connectivity index (χ3n) is 2.16. The van der Waals surface area contributed by atoms with E-state index in [4.69, 9.17) is 0 Å². The van der Waals surface area contributed by atoms with Crippen molar-refractivity contribution in [1.82, 2.24) is 0 Å². The van der Waals surface area contributed by atoms with Crippen LogP contribution in [0.3, 0.4) is 0 Å². The van der Waals surface area contributed by atoms with Gasteiger partial charge in [-0.25, -0.2) is 0 Å². The van der Waals surface area contributed by atoms with Crippen molar-refractivity contribution in [3.05, 3.63) is 40.9 Å². The fourth-order valence-electron chi connectivity index (χ4n) is 1.48. The SMILES string of the molecule is O=C1C=C([Se]c2ccccc2)CCC1. The molecule has 0 spiro atoms. The molecule has 0 unspecified atom stereocenters. The van der Waals surface area contributed by atoms with Crippen LogP contribution >= 0.6 is 0 Å². The van der Waals surface area contributed by atoms with Gasteiger partial charge >= 0.3 is 90.1 Å². The molecule has 1 aromatic rings. The van der Waals surface area contributed by atoms with E-state index >= 15 is 0 Å². The predicted octanol–water partition coefficient (Wildman–Crippen LogP) is 1.65. The zero-order chi connectivity index (χ0) is 9.80. The maximum atomic E-state index is 11.2. The van der Waals surface area contributed by atoms with E-state index in [9.17, 15) is 4.79 Å². The molecule has 0 saturated carbocycles. The van der Waals surface area contributed by atoms with Crippen LogP contribution in [0.15, 0.2) is 40.9 Å². The molecule has 2 heteroatoms. The van der Waals surface area contributed by atoms with Gasteiger partial charge in [0.1, 0.15) is 0 Å². The van der Waals surface area contributed by atoms with E-state index in [1.807, 2.05) is 12.1 Å². The summed E-state index contributed by atoms with van der Waals surface area (Å²) in [6, 6.07) is 10.4. The normalized spacial score (nSPS) is 16.6. The predicted molar refractivity (Wildman–Crippen MR) is 58.8 cm³/mol. The van der Waals surface area contributed by atoms with Crippen LogP contribution in [-0.4, -0.2) is 20.7 Å². The average molecular weight is 251 g/mol. The fraction of sp³-hybridized carbons (Fsp3) is 0.250. The second kappa shape index (κ2) is 4.58. The fourth-order valence-corrected chi connectivity index (χ4v) is 3.65. The Hall–Kier alpha value is -0.851. The van der Waals surface area contributed by atoms with Crippen LogP contribution in [0.5, 0.6) is 0 Å². The summed E-state index contributed by atoms with van der Waals surface area (Å²) in [6.07, 6.45) is 4.75. The maximum absolute atomic E-state index is 11.2. The zero-order valence-corrected chi connectivity index (χ0v) is 9.61. The third kappa shape index (κ3) is 2.57. The second-order valence-electron chi connectivity index (χ2n) is 3.35. The molecule has 0 aliphatic heterocycles. The number of hydrogen-bond donors (Lipinski definition) is 0. The molecule has 0 atom stereocenters. The van der Waals surface area contributed by atoms with Crippen molar-refractivity contribution in [2.45, 2.75) is 19.3 Å². The van der Waals surface area contributed by atoms with Gasteiger partial charge in [0.05, 0.1) is 0 Å². The Morgan fingerprint density at radius 3 is 2.57 bits per heavy atom. The molecule has 0 radical (unpaired) electrons. The molecule has 72 valence electrons. The summed E-state index contributed by atoms with van der Waals surface area (Å²) in [4.78, 5) is 11.2. The van der Waals surface area contributed by atoms with Gasteiger partial charge in [-0.15, -0.1) is 0 Å². The van der Waals surface area contributed by atoms with Gasteiger partial charge in [-0.05, 0) is 0 Å². The summed E-state index contributed by atoms with van der Waals surface area (Å²) in [5, 5.41) is 0. The summed E-state index contributed by atoms with van der Waals surface area (Å²) in [5.74, 6) is 0.309. The average Bonchev–Trinajstić information content (AvgIpc) is 2.19. The Kier molecular flexibility index (Phi) is 3.18. The van der Waals surface area contributed by atoms with Gasteiger partial charge in [-0.3, -0.25) is 0 Å². The number of carbonyl (C=O) groups is 1. The van der Waals surface area contributed by atoms with E-state index in [0.717, 1.165) is 19.3 Å². The summed E-state index contributed by atoms with van der Waals surface area (Å²) < 4.78 is 2.71. The summed E-state index contributed by atoms with van der Waals surface area (Å²) >= 11 is 0.358. The monoisotopic (exact) mass is 252 g/mol. The van der Waals surface area contributed by atoms with Crippen molar-refractivity contribution in [2.75, 3.05) is 0 Å². The molecule has 0 amide bonds.